The fraction of sp³-hybridized carbons (Fsp3) is 0.185. The van der Waals surface area contributed by atoms with Crippen molar-refractivity contribution in [2.45, 2.75) is 18.9 Å². The fourth-order valence-electron chi connectivity index (χ4n) is 4.68. The lowest BCUT2D eigenvalue weighted by Gasteiger charge is -2.12. The van der Waals surface area contributed by atoms with Crippen molar-refractivity contribution in [2.75, 3.05) is 13.1 Å². The second kappa shape index (κ2) is 8.68. The summed E-state index contributed by atoms with van der Waals surface area (Å²) in [6.07, 6.45) is 9.50. The molecule has 1 aliphatic rings. The van der Waals surface area contributed by atoms with Crippen molar-refractivity contribution >= 4 is 27.8 Å². The van der Waals surface area contributed by atoms with Gasteiger partial charge in [-0.1, -0.05) is 12.1 Å². The van der Waals surface area contributed by atoms with Gasteiger partial charge in [-0.15, -0.1) is 0 Å². The maximum absolute atomic E-state index is 12.6. The molecular formula is C27H24N6O. The minimum Gasteiger partial charge on any atom is -0.350 e. The number of nitrogens with one attached hydrogen (secondary N) is 3. The van der Waals surface area contributed by atoms with Crippen LogP contribution >= 0.6 is 0 Å². The summed E-state index contributed by atoms with van der Waals surface area (Å²) in [5, 5.41) is 8.54. The van der Waals surface area contributed by atoms with E-state index >= 15 is 0 Å². The van der Waals surface area contributed by atoms with E-state index in [2.05, 4.69) is 36.6 Å². The first-order chi connectivity index (χ1) is 16.8. The van der Waals surface area contributed by atoms with Gasteiger partial charge < -0.3 is 15.6 Å². The number of benzene rings is 1. The van der Waals surface area contributed by atoms with Crippen LogP contribution in [0.1, 0.15) is 23.2 Å². The molecule has 0 radical (unpaired) electrons. The Balaban J connectivity index is 1.34. The SMILES string of the molecule is O=C(NC[C@@H]1CCCN1)c1ccc(-c2ccnc3[nH]c4cnc(-c5cccnc5)cc4c23)cc1. The van der Waals surface area contributed by atoms with Gasteiger partial charge in [0.15, 0.2) is 0 Å². The van der Waals surface area contributed by atoms with Crippen molar-refractivity contribution in [1.29, 1.82) is 0 Å². The average molecular weight is 449 g/mol. The lowest BCUT2D eigenvalue weighted by atomic mass is 10.00. The zero-order valence-corrected chi connectivity index (χ0v) is 18.6. The van der Waals surface area contributed by atoms with Gasteiger partial charge in [0.25, 0.3) is 5.91 Å². The number of aromatic amines is 1. The highest BCUT2D eigenvalue weighted by atomic mass is 16.1. The van der Waals surface area contributed by atoms with Crippen LogP contribution in [0.4, 0.5) is 0 Å². The Morgan fingerprint density at radius 3 is 2.74 bits per heavy atom. The van der Waals surface area contributed by atoms with Gasteiger partial charge in [0.2, 0.25) is 0 Å². The van der Waals surface area contributed by atoms with Crippen molar-refractivity contribution in [3.05, 3.63) is 78.9 Å². The molecular weight excluding hydrogens is 424 g/mol. The highest BCUT2D eigenvalue weighted by Gasteiger charge is 2.16. The van der Waals surface area contributed by atoms with Crippen LogP contribution in [0.5, 0.6) is 0 Å². The average Bonchev–Trinajstić information content (AvgIpc) is 3.55. The first-order valence-electron chi connectivity index (χ1n) is 11.5. The molecule has 0 unspecified atom stereocenters. The van der Waals surface area contributed by atoms with Crippen molar-refractivity contribution < 1.29 is 4.79 Å². The number of nitrogens with zero attached hydrogens (tertiary/aromatic N) is 3. The summed E-state index contributed by atoms with van der Waals surface area (Å²) in [7, 11) is 0. The zero-order valence-electron chi connectivity index (χ0n) is 18.6. The molecule has 168 valence electrons. The summed E-state index contributed by atoms with van der Waals surface area (Å²) < 4.78 is 0. The van der Waals surface area contributed by atoms with E-state index < -0.39 is 0 Å². The Kier molecular flexibility index (Phi) is 5.24. The number of hydrogen-bond acceptors (Lipinski definition) is 5. The van der Waals surface area contributed by atoms with E-state index in [1.807, 2.05) is 54.9 Å². The topological polar surface area (TPSA) is 95.6 Å². The van der Waals surface area contributed by atoms with Gasteiger partial charge in [-0.25, -0.2) is 4.98 Å². The number of pyridine rings is 3. The molecule has 1 fully saturated rings. The first-order valence-corrected chi connectivity index (χ1v) is 11.5. The van der Waals surface area contributed by atoms with Crippen LogP contribution in [0, 0.1) is 0 Å². The van der Waals surface area contributed by atoms with E-state index in [1.54, 1.807) is 12.4 Å². The van der Waals surface area contributed by atoms with Crippen LogP contribution in [0.3, 0.4) is 0 Å². The van der Waals surface area contributed by atoms with Crippen LogP contribution in [0.25, 0.3) is 44.3 Å². The van der Waals surface area contributed by atoms with Crippen LogP contribution < -0.4 is 10.6 Å². The minimum atomic E-state index is -0.0422. The van der Waals surface area contributed by atoms with E-state index in [1.165, 1.54) is 6.42 Å². The summed E-state index contributed by atoms with van der Waals surface area (Å²) in [6.45, 7) is 1.69. The van der Waals surface area contributed by atoms with Crippen molar-refractivity contribution in [2.24, 2.45) is 0 Å². The number of hydrogen-bond donors (Lipinski definition) is 3. The van der Waals surface area contributed by atoms with Gasteiger partial charge in [-0.05, 0) is 66.9 Å². The van der Waals surface area contributed by atoms with E-state index in [0.29, 0.717) is 18.2 Å². The molecule has 0 bridgehead atoms. The zero-order chi connectivity index (χ0) is 22.9. The van der Waals surface area contributed by atoms with Crippen molar-refractivity contribution in [1.82, 2.24) is 30.6 Å². The van der Waals surface area contributed by atoms with Crippen LogP contribution in [0.15, 0.2) is 73.3 Å². The standard InChI is InChI=1S/C27H24N6O/c34-27(32-15-20-4-2-11-29-20)18-7-5-17(6-8-18)21-9-12-30-26-25(21)22-13-23(31-16-24(22)33-26)19-3-1-10-28-14-19/h1,3,5-10,12-14,16,20,29H,2,4,11,15H2,(H,30,33)(H,32,34)/t20-/m0/s1. The van der Waals surface area contributed by atoms with E-state index in [0.717, 1.165) is 57.3 Å². The second-order valence-corrected chi connectivity index (χ2v) is 8.64. The lowest BCUT2D eigenvalue weighted by molar-refractivity contribution is 0.0950. The van der Waals surface area contributed by atoms with Crippen molar-refractivity contribution in [3.8, 4) is 22.4 Å². The number of H-pyrrole nitrogens is 1. The van der Waals surface area contributed by atoms with Gasteiger partial charge in [0, 0.05) is 53.1 Å². The molecule has 5 aromatic rings. The number of amides is 1. The Morgan fingerprint density at radius 2 is 1.94 bits per heavy atom. The van der Waals surface area contributed by atoms with Gasteiger partial charge in [0.05, 0.1) is 17.4 Å². The highest BCUT2D eigenvalue weighted by molar-refractivity contribution is 6.13. The fourth-order valence-corrected chi connectivity index (χ4v) is 4.68. The molecule has 0 aliphatic carbocycles. The predicted octanol–water partition coefficient (Wildman–Crippen LogP) is 4.32. The molecule has 3 N–H and O–H groups in total. The molecule has 1 aromatic carbocycles. The van der Waals surface area contributed by atoms with Gasteiger partial charge in [-0.3, -0.25) is 14.8 Å². The summed E-state index contributed by atoms with van der Waals surface area (Å²) in [6, 6.07) is 16.1. The first kappa shape index (κ1) is 20.5. The third-order valence-corrected chi connectivity index (χ3v) is 6.46. The van der Waals surface area contributed by atoms with Gasteiger partial charge >= 0.3 is 0 Å². The number of fused-ring (bicyclic) bond motifs is 3. The maximum atomic E-state index is 12.6. The van der Waals surface area contributed by atoms with E-state index in [-0.39, 0.29) is 5.91 Å². The third kappa shape index (κ3) is 3.80. The smallest absolute Gasteiger partial charge is 0.251 e. The summed E-state index contributed by atoms with van der Waals surface area (Å²) in [4.78, 5) is 29.4. The number of carbonyl (C=O) groups is 1. The highest BCUT2D eigenvalue weighted by Crippen LogP contribution is 2.34. The Bertz CT molecular complexity index is 1470. The minimum absolute atomic E-state index is 0.0422. The number of carbonyl (C=O) groups excluding carboxylic acids is 1. The Labute approximate surface area is 196 Å². The Morgan fingerprint density at radius 1 is 1.03 bits per heavy atom. The van der Waals surface area contributed by atoms with Crippen LogP contribution in [0.2, 0.25) is 0 Å². The van der Waals surface area contributed by atoms with Crippen LogP contribution in [-0.2, 0) is 0 Å². The molecule has 1 saturated heterocycles. The molecule has 7 heteroatoms. The molecule has 6 rings (SSSR count). The lowest BCUT2D eigenvalue weighted by Crippen LogP contribution is -2.37. The summed E-state index contributed by atoms with van der Waals surface area (Å²) in [5.74, 6) is -0.0422. The number of aromatic nitrogens is 4. The number of rotatable bonds is 5. The van der Waals surface area contributed by atoms with Gasteiger partial charge in [-0.2, -0.15) is 0 Å². The monoisotopic (exact) mass is 448 g/mol. The molecule has 4 aromatic heterocycles. The largest absolute Gasteiger partial charge is 0.350 e. The van der Waals surface area contributed by atoms with E-state index in [9.17, 15) is 4.79 Å². The van der Waals surface area contributed by atoms with Crippen LogP contribution in [-0.4, -0.2) is 45.0 Å². The molecule has 5 heterocycles. The maximum Gasteiger partial charge on any atom is 0.251 e. The van der Waals surface area contributed by atoms with Gasteiger partial charge in [0.1, 0.15) is 5.65 Å². The molecule has 0 spiro atoms. The Hall–Kier alpha value is -4.10. The second-order valence-electron chi connectivity index (χ2n) is 8.64. The summed E-state index contributed by atoms with van der Waals surface area (Å²) >= 11 is 0. The molecule has 0 saturated carbocycles. The van der Waals surface area contributed by atoms with Crippen molar-refractivity contribution in [3.63, 3.8) is 0 Å². The summed E-state index contributed by atoms with van der Waals surface area (Å²) in [5.41, 5.74) is 6.31. The predicted molar refractivity (Wildman–Crippen MR) is 133 cm³/mol. The third-order valence-electron chi connectivity index (χ3n) is 6.46. The molecule has 7 nitrogen and oxygen atoms in total. The molecule has 1 atom stereocenters. The quantitative estimate of drug-likeness (QED) is 0.372. The molecule has 1 aliphatic heterocycles. The molecule has 34 heavy (non-hydrogen) atoms. The molecule has 1 amide bonds. The normalized spacial score (nSPS) is 15.7. The van der Waals surface area contributed by atoms with E-state index in [4.69, 9.17) is 0 Å².